The molecule has 16 heavy (non-hydrogen) atoms. The van der Waals surface area contributed by atoms with Gasteiger partial charge in [-0.05, 0) is 31.9 Å². The minimum atomic E-state index is -4.16. The molecule has 0 aliphatic carbocycles. The van der Waals surface area contributed by atoms with E-state index >= 15 is 0 Å². The third-order valence-corrected chi connectivity index (χ3v) is 3.36. The van der Waals surface area contributed by atoms with Crippen LogP contribution in [0.25, 0.3) is 0 Å². The summed E-state index contributed by atoms with van der Waals surface area (Å²) in [5.41, 5.74) is 1.53. The lowest BCUT2D eigenvalue weighted by Crippen LogP contribution is -2.12. The van der Waals surface area contributed by atoms with Crippen molar-refractivity contribution in [2.45, 2.75) is 31.3 Å². The Kier molecular flexibility index (Phi) is 4.07. The minimum Gasteiger partial charge on any atom is -0.381 e. The molecule has 0 aliphatic heterocycles. The zero-order valence-electron chi connectivity index (χ0n) is 9.60. The molecule has 0 amide bonds. The van der Waals surface area contributed by atoms with Crippen LogP contribution in [-0.4, -0.2) is 26.2 Å². The van der Waals surface area contributed by atoms with Crippen LogP contribution in [0, 0.1) is 6.92 Å². The zero-order chi connectivity index (χ0) is 12.3. The zero-order valence-corrected chi connectivity index (χ0v) is 10.4. The van der Waals surface area contributed by atoms with E-state index in [0.29, 0.717) is 12.0 Å². The monoisotopic (exact) mass is 244 g/mol. The van der Waals surface area contributed by atoms with Crippen LogP contribution in [0.15, 0.2) is 23.1 Å². The molecular weight excluding hydrogens is 228 g/mol. The number of hydrogen-bond acceptors (Lipinski definition) is 3. The first-order valence-electron chi connectivity index (χ1n) is 4.94. The Hall–Kier alpha value is -0.910. The quantitative estimate of drug-likeness (QED) is 0.820. The van der Waals surface area contributed by atoms with E-state index in [1.165, 1.54) is 6.07 Å². The van der Waals surface area contributed by atoms with Gasteiger partial charge in [-0.15, -0.1) is 0 Å². The van der Waals surface area contributed by atoms with Gasteiger partial charge in [0.05, 0.1) is 11.0 Å². The molecule has 1 atom stereocenters. The molecule has 0 saturated carbocycles. The summed E-state index contributed by atoms with van der Waals surface area (Å²) in [6, 6.07) is 4.82. The molecule has 0 unspecified atom stereocenters. The first-order valence-corrected chi connectivity index (χ1v) is 6.38. The molecule has 4 nitrogen and oxygen atoms in total. The van der Waals surface area contributed by atoms with Crippen molar-refractivity contribution in [1.82, 2.24) is 0 Å². The SMILES string of the molecule is CO[C@@H](C)Cc1cc(C)ccc1S(=O)(=O)O. The average Bonchev–Trinajstić information content (AvgIpc) is 2.15. The van der Waals surface area contributed by atoms with Crippen molar-refractivity contribution in [2.75, 3.05) is 7.11 Å². The molecule has 0 radical (unpaired) electrons. The van der Waals surface area contributed by atoms with Crippen LogP contribution in [0.1, 0.15) is 18.1 Å². The molecule has 90 valence electrons. The predicted octanol–water partition coefficient (Wildman–Crippen LogP) is 1.82. The van der Waals surface area contributed by atoms with Gasteiger partial charge in [0, 0.05) is 7.11 Å². The molecule has 5 heteroatoms. The molecule has 1 aromatic carbocycles. The van der Waals surface area contributed by atoms with Crippen molar-refractivity contribution < 1.29 is 17.7 Å². The van der Waals surface area contributed by atoms with E-state index in [9.17, 15) is 8.42 Å². The molecule has 0 aromatic heterocycles. The van der Waals surface area contributed by atoms with E-state index in [4.69, 9.17) is 9.29 Å². The minimum absolute atomic E-state index is 0.0398. The fraction of sp³-hybridized carbons (Fsp3) is 0.455. The fourth-order valence-electron chi connectivity index (χ4n) is 1.51. The van der Waals surface area contributed by atoms with Gasteiger partial charge >= 0.3 is 0 Å². The van der Waals surface area contributed by atoms with Crippen LogP contribution in [-0.2, 0) is 21.3 Å². The van der Waals surface area contributed by atoms with Crippen molar-refractivity contribution in [2.24, 2.45) is 0 Å². The third-order valence-electron chi connectivity index (χ3n) is 2.40. The largest absolute Gasteiger partial charge is 0.381 e. The Bertz CT molecular complexity index is 465. The normalized spacial score (nSPS) is 13.8. The third kappa shape index (κ3) is 3.30. The molecule has 0 saturated heterocycles. The number of benzene rings is 1. The van der Waals surface area contributed by atoms with Crippen LogP contribution in [0.5, 0.6) is 0 Å². The van der Waals surface area contributed by atoms with E-state index in [1.807, 2.05) is 13.8 Å². The van der Waals surface area contributed by atoms with E-state index in [2.05, 4.69) is 0 Å². The van der Waals surface area contributed by atoms with E-state index < -0.39 is 10.1 Å². The van der Waals surface area contributed by atoms with Crippen molar-refractivity contribution in [3.05, 3.63) is 29.3 Å². The Morgan fingerprint density at radius 1 is 1.44 bits per heavy atom. The number of aryl methyl sites for hydroxylation is 1. The van der Waals surface area contributed by atoms with Gasteiger partial charge in [-0.2, -0.15) is 8.42 Å². The maximum atomic E-state index is 11.1. The summed E-state index contributed by atoms with van der Waals surface area (Å²) in [7, 11) is -2.60. The standard InChI is InChI=1S/C11H16O4S/c1-8-4-5-11(16(12,13)14)10(6-8)7-9(2)15-3/h4-6,9H,7H2,1-3H3,(H,12,13,14)/t9-/m0/s1. The Balaban J connectivity index is 3.19. The summed E-state index contributed by atoms with van der Waals surface area (Å²) in [6.45, 7) is 3.71. The maximum absolute atomic E-state index is 11.1. The van der Waals surface area contributed by atoms with Gasteiger partial charge in [0.2, 0.25) is 0 Å². The fourth-order valence-corrected chi connectivity index (χ4v) is 2.23. The van der Waals surface area contributed by atoms with Gasteiger partial charge in [0.15, 0.2) is 0 Å². The summed E-state index contributed by atoms with van der Waals surface area (Å²) >= 11 is 0. The van der Waals surface area contributed by atoms with Crippen molar-refractivity contribution in [1.29, 1.82) is 0 Å². The first-order chi connectivity index (χ1) is 7.34. The van der Waals surface area contributed by atoms with Gasteiger partial charge in [-0.3, -0.25) is 4.55 Å². The number of hydrogen-bond donors (Lipinski definition) is 1. The molecule has 1 aromatic rings. The summed E-state index contributed by atoms with van der Waals surface area (Å²) in [5, 5.41) is 0. The van der Waals surface area contributed by atoms with Crippen LogP contribution >= 0.6 is 0 Å². The molecule has 0 fully saturated rings. The summed E-state index contributed by atoms with van der Waals surface area (Å²) in [4.78, 5) is -0.0398. The average molecular weight is 244 g/mol. The number of methoxy groups -OCH3 is 1. The Labute approximate surface area is 96.0 Å². The smallest absolute Gasteiger partial charge is 0.294 e. The maximum Gasteiger partial charge on any atom is 0.294 e. The lowest BCUT2D eigenvalue weighted by atomic mass is 10.1. The second kappa shape index (κ2) is 4.95. The second-order valence-corrected chi connectivity index (χ2v) is 5.23. The van der Waals surface area contributed by atoms with Gasteiger partial charge in [0.1, 0.15) is 0 Å². The molecule has 0 bridgehead atoms. The van der Waals surface area contributed by atoms with Crippen LogP contribution < -0.4 is 0 Å². The molecule has 0 heterocycles. The van der Waals surface area contributed by atoms with Crippen molar-refractivity contribution in [3.8, 4) is 0 Å². The van der Waals surface area contributed by atoms with Crippen molar-refractivity contribution in [3.63, 3.8) is 0 Å². The lowest BCUT2D eigenvalue weighted by molar-refractivity contribution is 0.118. The van der Waals surface area contributed by atoms with Crippen LogP contribution in [0.2, 0.25) is 0 Å². The molecule has 1 N–H and O–H groups in total. The second-order valence-electron chi connectivity index (χ2n) is 3.84. The van der Waals surface area contributed by atoms with E-state index in [1.54, 1.807) is 19.2 Å². The molecule has 0 aliphatic rings. The topological polar surface area (TPSA) is 63.6 Å². The Morgan fingerprint density at radius 3 is 2.56 bits per heavy atom. The predicted molar refractivity (Wildman–Crippen MR) is 61.2 cm³/mol. The highest BCUT2D eigenvalue weighted by Crippen LogP contribution is 2.19. The van der Waals surface area contributed by atoms with Crippen molar-refractivity contribution >= 4 is 10.1 Å². The Morgan fingerprint density at radius 2 is 2.06 bits per heavy atom. The van der Waals surface area contributed by atoms with Crippen LogP contribution in [0.3, 0.4) is 0 Å². The highest BCUT2D eigenvalue weighted by molar-refractivity contribution is 7.85. The summed E-state index contributed by atoms with van der Waals surface area (Å²) < 4.78 is 36.5. The number of ether oxygens (including phenoxy) is 1. The highest BCUT2D eigenvalue weighted by atomic mass is 32.2. The molecule has 0 spiro atoms. The number of rotatable bonds is 4. The van der Waals surface area contributed by atoms with Gasteiger partial charge in [0.25, 0.3) is 10.1 Å². The van der Waals surface area contributed by atoms with Gasteiger partial charge < -0.3 is 4.74 Å². The van der Waals surface area contributed by atoms with Gasteiger partial charge in [-0.25, -0.2) is 0 Å². The van der Waals surface area contributed by atoms with Crippen LogP contribution in [0.4, 0.5) is 0 Å². The van der Waals surface area contributed by atoms with E-state index in [0.717, 1.165) is 5.56 Å². The first kappa shape index (κ1) is 13.2. The lowest BCUT2D eigenvalue weighted by Gasteiger charge is -2.12. The summed E-state index contributed by atoms with van der Waals surface area (Å²) in [5.74, 6) is 0. The highest BCUT2D eigenvalue weighted by Gasteiger charge is 2.16. The molecular formula is C11H16O4S. The summed E-state index contributed by atoms with van der Waals surface area (Å²) in [6.07, 6.45) is 0.357. The molecule has 1 rings (SSSR count). The van der Waals surface area contributed by atoms with E-state index in [-0.39, 0.29) is 11.0 Å². The van der Waals surface area contributed by atoms with Gasteiger partial charge in [-0.1, -0.05) is 17.7 Å².